The molecule has 2 rings (SSSR count). The van der Waals surface area contributed by atoms with Crippen LogP contribution >= 0.6 is 0 Å². The molecular formula is C25H36N2O2. The van der Waals surface area contributed by atoms with Crippen molar-refractivity contribution in [3.8, 4) is 0 Å². The molecule has 1 heterocycles. The lowest BCUT2D eigenvalue weighted by Crippen LogP contribution is -2.28. The van der Waals surface area contributed by atoms with Crippen LogP contribution in [0.3, 0.4) is 0 Å². The van der Waals surface area contributed by atoms with E-state index in [4.69, 9.17) is 0 Å². The lowest BCUT2D eigenvalue weighted by atomic mass is 10.0. The predicted molar refractivity (Wildman–Crippen MR) is 122 cm³/mol. The van der Waals surface area contributed by atoms with Crippen LogP contribution in [-0.2, 0) is 25.8 Å². The number of aryl methyl sites for hydroxylation is 3. The molecule has 29 heavy (non-hydrogen) atoms. The van der Waals surface area contributed by atoms with Crippen molar-refractivity contribution < 1.29 is 4.79 Å². The highest BCUT2D eigenvalue weighted by molar-refractivity contribution is 6.05. The summed E-state index contributed by atoms with van der Waals surface area (Å²) in [6, 6.07) is 7.74. The van der Waals surface area contributed by atoms with Crippen molar-refractivity contribution in [3.63, 3.8) is 0 Å². The van der Waals surface area contributed by atoms with Gasteiger partial charge in [-0.1, -0.05) is 65.2 Å². The van der Waals surface area contributed by atoms with Crippen molar-refractivity contribution in [1.82, 2.24) is 4.57 Å². The number of hydrogen-bond donors (Lipinski definition) is 1. The average molecular weight is 397 g/mol. The molecule has 0 aliphatic heterocycles. The van der Waals surface area contributed by atoms with Gasteiger partial charge in [0.2, 0.25) is 0 Å². The summed E-state index contributed by atoms with van der Waals surface area (Å²) in [6.45, 7) is 11.2. The lowest BCUT2D eigenvalue weighted by molar-refractivity contribution is 0.102. The van der Waals surface area contributed by atoms with Gasteiger partial charge >= 0.3 is 0 Å². The molecule has 4 heteroatoms. The Morgan fingerprint density at radius 2 is 1.62 bits per heavy atom. The zero-order valence-corrected chi connectivity index (χ0v) is 18.7. The zero-order valence-electron chi connectivity index (χ0n) is 18.7. The zero-order chi connectivity index (χ0) is 21.4. The second kappa shape index (κ2) is 11.0. The molecule has 0 radical (unpaired) electrons. The van der Waals surface area contributed by atoms with Gasteiger partial charge < -0.3 is 9.88 Å². The summed E-state index contributed by atoms with van der Waals surface area (Å²) in [6.07, 6.45) is 7.07. The molecule has 0 saturated carbocycles. The third kappa shape index (κ3) is 5.37. The number of nitrogens with one attached hydrogen (secondary N) is 1. The molecule has 2 aromatic rings. The predicted octanol–water partition coefficient (Wildman–Crippen LogP) is 5.68. The Balaban J connectivity index is 2.41. The van der Waals surface area contributed by atoms with Crippen LogP contribution < -0.4 is 10.7 Å². The van der Waals surface area contributed by atoms with Crippen molar-refractivity contribution in [1.29, 1.82) is 0 Å². The number of carbonyl (C=O) groups excluding carboxylic acids is 1. The Kier molecular flexibility index (Phi) is 8.69. The number of para-hydroxylation sites is 1. The average Bonchev–Trinajstić information content (AvgIpc) is 2.72. The van der Waals surface area contributed by atoms with E-state index in [2.05, 4.69) is 37.6 Å². The van der Waals surface area contributed by atoms with Gasteiger partial charge in [0, 0.05) is 29.7 Å². The monoisotopic (exact) mass is 396 g/mol. The Hall–Kier alpha value is -2.36. The van der Waals surface area contributed by atoms with Gasteiger partial charge in [0.25, 0.3) is 5.91 Å². The number of amides is 1. The molecule has 0 bridgehead atoms. The molecule has 1 aromatic carbocycles. The summed E-state index contributed by atoms with van der Waals surface area (Å²) in [5.74, 6) is -0.298. The first-order valence-corrected chi connectivity index (χ1v) is 11.1. The van der Waals surface area contributed by atoms with E-state index in [0.717, 1.165) is 66.9 Å². The van der Waals surface area contributed by atoms with Crippen molar-refractivity contribution >= 4 is 11.6 Å². The van der Waals surface area contributed by atoms with Crippen LogP contribution in [0.4, 0.5) is 5.69 Å². The maximum Gasteiger partial charge on any atom is 0.261 e. The smallest absolute Gasteiger partial charge is 0.261 e. The van der Waals surface area contributed by atoms with E-state index in [-0.39, 0.29) is 16.9 Å². The maximum atomic E-state index is 13.2. The number of benzene rings is 1. The van der Waals surface area contributed by atoms with E-state index in [1.165, 1.54) is 12.8 Å². The number of unbranched alkanes of at least 4 members (excludes halogenated alkanes) is 3. The summed E-state index contributed by atoms with van der Waals surface area (Å²) in [7, 11) is 0. The molecule has 1 amide bonds. The van der Waals surface area contributed by atoms with Crippen LogP contribution in [0.15, 0.2) is 29.1 Å². The largest absolute Gasteiger partial charge is 0.348 e. The van der Waals surface area contributed by atoms with E-state index >= 15 is 0 Å². The third-order valence-electron chi connectivity index (χ3n) is 5.72. The fraction of sp³-hybridized carbons (Fsp3) is 0.520. The fourth-order valence-electron chi connectivity index (χ4n) is 3.99. The Morgan fingerprint density at radius 3 is 2.17 bits per heavy atom. The van der Waals surface area contributed by atoms with Crippen LogP contribution in [0.1, 0.15) is 86.3 Å². The van der Waals surface area contributed by atoms with Crippen LogP contribution in [-0.4, -0.2) is 10.5 Å². The third-order valence-corrected chi connectivity index (χ3v) is 5.72. The molecule has 0 saturated heterocycles. The Bertz CT molecular complexity index is 874. The number of nitrogens with zero attached hydrogens (tertiary/aromatic N) is 1. The van der Waals surface area contributed by atoms with Crippen LogP contribution in [0, 0.1) is 6.92 Å². The molecule has 0 unspecified atom stereocenters. The molecule has 0 spiro atoms. The highest BCUT2D eigenvalue weighted by Crippen LogP contribution is 2.23. The SMILES string of the molecule is CCCCCCn1c(CC)cc(=O)c(C(=O)Nc2c(CC)cccc2CC)c1C. The number of anilines is 1. The summed E-state index contributed by atoms with van der Waals surface area (Å²) in [5, 5.41) is 3.07. The fourth-order valence-corrected chi connectivity index (χ4v) is 3.99. The first-order valence-electron chi connectivity index (χ1n) is 11.1. The normalized spacial score (nSPS) is 10.9. The molecule has 1 N–H and O–H groups in total. The standard InChI is InChI=1S/C25H36N2O2/c1-6-10-11-12-16-27-18(5)23(22(28)17-21(27)9-4)25(29)26-24-19(7-2)14-13-15-20(24)8-3/h13-15,17H,6-12,16H2,1-5H3,(H,26,29). The van der Waals surface area contributed by atoms with Crippen LogP contribution in [0.5, 0.6) is 0 Å². The summed E-state index contributed by atoms with van der Waals surface area (Å²) in [5.41, 5.74) is 4.91. The molecule has 1 aromatic heterocycles. The van der Waals surface area contributed by atoms with Crippen molar-refractivity contribution in [2.24, 2.45) is 0 Å². The van der Waals surface area contributed by atoms with E-state index in [9.17, 15) is 9.59 Å². The second-order valence-electron chi connectivity index (χ2n) is 7.64. The second-order valence-corrected chi connectivity index (χ2v) is 7.64. The van der Waals surface area contributed by atoms with E-state index < -0.39 is 0 Å². The molecule has 4 nitrogen and oxygen atoms in total. The van der Waals surface area contributed by atoms with E-state index in [0.29, 0.717) is 0 Å². The number of hydrogen-bond acceptors (Lipinski definition) is 2. The van der Waals surface area contributed by atoms with Gasteiger partial charge in [-0.15, -0.1) is 0 Å². The first-order chi connectivity index (χ1) is 14.0. The van der Waals surface area contributed by atoms with Gasteiger partial charge in [-0.25, -0.2) is 0 Å². The van der Waals surface area contributed by atoms with Gasteiger partial charge in [-0.05, 0) is 43.7 Å². The lowest BCUT2D eigenvalue weighted by Gasteiger charge is -2.20. The van der Waals surface area contributed by atoms with Gasteiger partial charge in [-0.3, -0.25) is 9.59 Å². The molecule has 158 valence electrons. The highest BCUT2D eigenvalue weighted by Gasteiger charge is 2.20. The molecule has 0 aliphatic carbocycles. The van der Waals surface area contributed by atoms with Crippen LogP contribution in [0.2, 0.25) is 0 Å². The summed E-state index contributed by atoms with van der Waals surface area (Å²) in [4.78, 5) is 26.0. The minimum Gasteiger partial charge on any atom is -0.348 e. The summed E-state index contributed by atoms with van der Waals surface area (Å²) < 4.78 is 2.17. The number of aromatic nitrogens is 1. The van der Waals surface area contributed by atoms with Gasteiger partial charge in [0.15, 0.2) is 5.43 Å². The highest BCUT2D eigenvalue weighted by atomic mass is 16.2. The molecule has 0 aliphatic rings. The van der Waals surface area contributed by atoms with Crippen molar-refractivity contribution in [2.75, 3.05) is 5.32 Å². The maximum absolute atomic E-state index is 13.2. The van der Waals surface area contributed by atoms with Gasteiger partial charge in [0.1, 0.15) is 5.56 Å². The van der Waals surface area contributed by atoms with Crippen molar-refractivity contribution in [2.45, 2.75) is 86.1 Å². The van der Waals surface area contributed by atoms with E-state index in [1.807, 2.05) is 25.1 Å². The Morgan fingerprint density at radius 1 is 0.966 bits per heavy atom. The van der Waals surface area contributed by atoms with Crippen molar-refractivity contribution in [3.05, 3.63) is 62.6 Å². The van der Waals surface area contributed by atoms with Gasteiger partial charge in [0.05, 0.1) is 0 Å². The molecule has 0 atom stereocenters. The Labute approximate surface area is 175 Å². The number of carbonyl (C=O) groups is 1. The minimum atomic E-state index is -0.298. The molecule has 0 fully saturated rings. The van der Waals surface area contributed by atoms with E-state index in [1.54, 1.807) is 6.07 Å². The minimum absolute atomic E-state index is 0.186. The number of pyridine rings is 1. The first kappa shape index (κ1) is 22.9. The summed E-state index contributed by atoms with van der Waals surface area (Å²) >= 11 is 0. The van der Waals surface area contributed by atoms with Gasteiger partial charge in [-0.2, -0.15) is 0 Å². The topological polar surface area (TPSA) is 51.1 Å². The van der Waals surface area contributed by atoms with Crippen LogP contribution in [0.25, 0.3) is 0 Å². The molecular weight excluding hydrogens is 360 g/mol. The quantitative estimate of drug-likeness (QED) is 0.526. The number of rotatable bonds is 10.